The molecular formula is C10H6BrN3O2. The third-order valence-electron chi connectivity index (χ3n) is 1.99. The number of hydrogen-bond acceptors (Lipinski definition) is 4. The first-order valence-electron chi connectivity index (χ1n) is 4.39. The van der Waals surface area contributed by atoms with E-state index < -0.39 is 4.92 Å². The van der Waals surface area contributed by atoms with Crippen molar-refractivity contribution in [3.8, 4) is 11.3 Å². The van der Waals surface area contributed by atoms with Gasteiger partial charge in [0.2, 0.25) is 0 Å². The summed E-state index contributed by atoms with van der Waals surface area (Å²) in [7, 11) is 0. The molecule has 1 aromatic heterocycles. The molecule has 0 aliphatic rings. The number of aromatic nitrogens is 2. The quantitative estimate of drug-likeness (QED) is 0.482. The number of hydrogen-bond donors (Lipinski definition) is 0. The molecule has 2 aromatic rings. The fourth-order valence-electron chi connectivity index (χ4n) is 1.27. The second-order valence-corrected chi connectivity index (χ2v) is 3.85. The number of rotatable bonds is 2. The Morgan fingerprint density at radius 1 is 1.25 bits per heavy atom. The molecule has 80 valence electrons. The van der Waals surface area contributed by atoms with Crippen LogP contribution in [-0.2, 0) is 0 Å². The molecule has 0 N–H and O–H groups in total. The highest BCUT2D eigenvalue weighted by molar-refractivity contribution is 9.10. The Labute approximate surface area is 99.4 Å². The van der Waals surface area contributed by atoms with Crippen molar-refractivity contribution >= 4 is 21.6 Å². The van der Waals surface area contributed by atoms with Crippen molar-refractivity contribution in [1.29, 1.82) is 0 Å². The standard InChI is InChI=1S/C10H6BrN3O2/c11-10-5-9(12-6-13-10)7-2-1-3-8(4-7)14(15)16/h1-6H. The minimum atomic E-state index is -0.431. The molecule has 1 aromatic carbocycles. The van der Waals surface area contributed by atoms with E-state index in [1.54, 1.807) is 18.2 Å². The highest BCUT2D eigenvalue weighted by Gasteiger charge is 2.07. The molecule has 6 heteroatoms. The fraction of sp³-hybridized carbons (Fsp3) is 0. The summed E-state index contributed by atoms with van der Waals surface area (Å²) in [6.45, 7) is 0. The van der Waals surface area contributed by atoms with Crippen LogP contribution in [0.5, 0.6) is 0 Å². The van der Waals surface area contributed by atoms with E-state index >= 15 is 0 Å². The van der Waals surface area contributed by atoms with Crippen molar-refractivity contribution in [2.24, 2.45) is 0 Å². The summed E-state index contributed by atoms with van der Waals surface area (Å²) in [6, 6.07) is 8.03. The van der Waals surface area contributed by atoms with E-state index in [0.717, 1.165) is 0 Å². The van der Waals surface area contributed by atoms with Gasteiger partial charge in [-0.15, -0.1) is 0 Å². The molecule has 0 fully saturated rings. The highest BCUT2D eigenvalue weighted by Crippen LogP contribution is 2.23. The number of nitrogens with zero attached hydrogens (tertiary/aromatic N) is 3. The van der Waals surface area contributed by atoms with Crippen molar-refractivity contribution in [3.63, 3.8) is 0 Å². The van der Waals surface area contributed by atoms with Crippen molar-refractivity contribution in [2.75, 3.05) is 0 Å². The third-order valence-corrected chi connectivity index (χ3v) is 2.42. The lowest BCUT2D eigenvalue weighted by molar-refractivity contribution is -0.384. The van der Waals surface area contributed by atoms with Gasteiger partial charge in [-0.2, -0.15) is 0 Å². The van der Waals surface area contributed by atoms with Gasteiger partial charge < -0.3 is 0 Å². The van der Waals surface area contributed by atoms with Gasteiger partial charge in [-0.1, -0.05) is 12.1 Å². The Morgan fingerprint density at radius 2 is 2.06 bits per heavy atom. The largest absolute Gasteiger partial charge is 0.270 e. The molecule has 0 saturated carbocycles. The van der Waals surface area contributed by atoms with E-state index in [0.29, 0.717) is 15.9 Å². The molecule has 0 aliphatic heterocycles. The zero-order valence-electron chi connectivity index (χ0n) is 8.00. The maximum atomic E-state index is 10.6. The molecule has 1 heterocycles. The maximum Gasteiger partial charge on any atom is 0.270 e. The Balaban J connectivity index is 2.48. The Bertz CT molecular complexity index is 545. The lowest BCUT2D eigenvalue weighted by atomic mass is 10.1. The molecule has 5 nitrogen and oxygen atoms in total. The predicted octanol–water partition coefficient (Wildman–Crippen LogP) is 2.81. The van der Waals surface area contributed by atoms with Gasteiger partial charge in [-0.05, 0) is 22.0 Å². The third kappa shape index (κ3) is 2.22. The van der Waals surface area contributed by atoms with Gasteiger partial charge in [0.25, 0.3) is 5.69 Å². The highest BCUT2D eigenvalue weighted by atomic mass is 79.9. The first-order chi connectivity index (χ1) is 7.66. The van der Waals surface area contributed by atoms with E-state index in [4.69, 9.17) is 0 Å². The number of nitro benzene ring substituents is 1. The average Bonchev–Trinajstić information content (AvgIpc) is 2.29. The second kappa shape index (κ2) is 4.36. The van der Waals surface area contributed by atoms with Gasteiger partial charge >= 0.3 is 0 Å². The van der Waals surface area contributed by atoms with E-state index in [2.05, 4.69) is 25.9 Å². The predicted molar refractivity (Wildman–Crippen MR) is 61.8 cm³/mol. The number of nitro groups is 1. The van der Waals surface area contributed by atoms with Crippen LogP contribution in [0.3, 0.4) is 0 Å². The number of benzene rings is 1. The van der Waals surface area contributed by atoms with Crippen LogP contribution in [0.1, 0.15) is 0 Å². The molecule has 0 radical (unpaired) electrons. The molecule has 2 rings (SSSR count). The summed E-state index contributed by atoms with van der Waals surface area (Å²) in [5.74, 6) is 0. The first-order valence-corrected chi connectivity index (χ1v) is 5.18. The summed E-state index contributed by atoms with van der Waals surface area (Å²) in [5.41, 5.74) is 1.38. The van der Waals surface area contributed by atoms with Gasteiger partial charge in [0.1, 0.15) is 10.9 Å². The minimum absolute atomic E-state index is 0.0484. The van der Waals surface area contributed by atoms with Gasteiger partial charge in [0.05, 0.1) is 10.6 Å². The van der Waals surface area contributed by atoms with E-state index in [-0.39, 0.29) is 5.69 Å². The number of non-ortho nitro benzene ring substituents is 1. The smallest absolute Gasteiger partial charge is 0.258 e. The zero-order chi connectivity index (χ0) is 11.5. The van der Waals surface area contributed by atoms with E-state index in [1.165, 1.54) is 18.5 Å². The van der Waals surface area contributed by atoms with Gasteiger partial charge in [0, 0.05) is 17.7 Å². The van der Waals surface area contributed by atoms with Crippen LogP contribution in [-0.4, -0.2) is 14.9 Å². The molecule has 0 bridgehead atoms. The molecule has 0 atom stereocenters. The van der Waals surface area contributed by atoms with E-state index in [1.807, 2.05) is 0 Å². The van der Waals surface area contributed by atoms with Crippen LogP contribution in [0.2, 0.25) is 0 Å². The normalized spacial score (nSPS) is 10.1. The summed E-state index contributed by atoms with van der Waals surface area (Å²) in [6.07, 6.45) is 1.40. The van der Waals surface area contributed by atoms with Crippen LogP contribution in [0.4, 0.5) is 5.69 Å². The Kier molecular flexibility index (Phi) is 2.91. The number of halogens is 1. The monoisotopic (exact) mass is 279 g/mol. The van der Waals surface area contributed by atoms with Crippen molar-refractivity contribution in [1.82, 2.24) is 9.97 Å². The van der Waals surface area contributed by atoms with Crippen molar-refractivity contribution in [2.45, 2.75) is 0 Å². The summed E-state index contributed by atoms with van der Waals surface area (Å²) in [5, 5.41) is 10.6. The molecule has 16 heavy (non-hydrogen) atoms. The lowest BCUT2D eigenvalue weighted by Crippen LogP contribution is -1.90. The van der Waals surface area contributed by atoms with Gasteiger partial charge in [-0.25, -0.2) is 9.97 Å². The topological polar surface area (TPSA) is 68.9 Å². The van der Waals surface area contributed by atoms with Crippen molar-refractivity contribution in [3.05, 3.63) is 51.4 Å². The molecule has 0 spiro atoms. The summed E-state index contributed by atoms with van der Waals surface area (Å²) in [4.78, 5) is 18.1. The lowest BCUT2D eigenvalue weighted by Gasteiger charge is -2.00. The molecule has 0 amide bonds. The second-order valence-electron chi connectivity index (χ2n) is 3.03. The van der Waals surface area contributed by atoms with E-state index in [9.17, 15) is 10.1 Å². The summed E-state index contributed by atoms with van der Waals surface area (Å²) >= 11 is 3.22. The molecule has 0 aliphatic carbocycles. The maximum absolute atomic E-state index is 10.6. The van der Waals surface area contributed by atoms with Crippen LogP contribution < -0.4 is 0 Å². The van der Waals surface area contributed by atoms with Crippen LogP contribution in [0.25, 0.3) is 11.3 Å². The van der Waals surface area contributed by atoms with Gasteiger partial charge in [0.15, 0.2) is 0 Å². The Hall–Kier alpha value is -1.82. The molecule has 0 saturated heterocycles. The van der Waals surface area contributed by atoms with Crippen LogP contribution in [0, 0.1) is 10.1 Å². The SMILES string of the molecule is O=[N+]([O-])c1cccc(-c2cc(Br)ncn2)c1. The average molecular weight is 280 g/mol. The zero-order valence-corrected chi connectivity index (χ0v) is 9.59. The Morgan fingerprint density at radius 3 is 2.75 bits per heavy atom. The fourth-order valence-corrected chi connectivity index (χ4v) is 1.58. The van der Waals surface area contributed by atoms with Crippen LogP contribution >= 0.6 is 15.9 Å². The molecular weight excluding hydrogens is 274 g/mol. The summed E-state index contributed by atoms with van der Waals surface area (Å²) < 4.78 is 0.643. The minimum Gasteiger partial charge on any atom is -0.258 e. The van der Waals surface area contributed by atoms with Crippen molar-refractivity contribution < 1.29 is 4.92 Å². The first kappa shape index (κ1) is 10.7. The molecule has 0 unspecified atom stereocenters. The van der Waals surface area contributed by atoms with Crippen LogP contribution in [0.15, 0.2) is 41.3 Å². The van der Waals surface area contributed by atoms with Gasteiger partial charge in [-0.3, -0.25) is 10.1 Å².